The molecule has 4 nitrogen and oxygen atoms in total. The lowest BCUT2D eigenvalue weighted by atomic mass is 10.1. The number of hydrogen-bond donors (Lipinski definition) is 1. The average Bonchev–Trinajstić information content (AvgIpc) is 2.66. The molecule has 0 spiro atoms. The summed E-state index contributed by atoms with van der Waals surface area (Å²) in [6.07, 6.45) is 2.08. The van der Waals surface area contributed by atoms with Gasteiger partial charge in [-0.05, 0) is 56.4 Å². The highest BCUT2D eigenvalue weighted by Gasteiger charge is 2.15. The van der Waals surface area contributed by atoms with Crippen molar-refractivity contribution in [1.82, 2.24) is 5.32 Å². The Hall–Kier alpha value is -2.49. The molecule has 1 atom stereocenters. The minimum Gasteiger partial charge on any atom is -0.494 e. The molecule has 0 unspecified atom stereocenters. The van der Waals surface area contributed by atoms with Crippen molar-refractivity contribution in [2.24, 2.45) is 0 Å². The van der Waals surface area contributed by atoms with Crippen molar-refractivity contribution in [3.8, 4) is 11.5 Å². The molecule has 0 aliphatic heterocycles. The van der Waals surface area contributed by atoms with Crippen molar-refractivity contribution in [1.29, 1.82) is 0 Å². The second-order valence-electron chi connectivity index (χ2n) is 6.16. The summed E-state index contributed by atoms with van der Waals surface area (Å²) in [5.74, 6) is 1.62. The predicted octanol–water partition coefficient (Wildman–Crippen LogP) is 4.16. The third-order valence-electron chi connectivity index (χ3n) is 4.22. The summed E-state index contributed by atoms with van der Waals surface area (Å²) in [6.45, 7) is 7.11. The van der Waals surface area contributed by atoms with Gasteiger partial charge in [0.05, 0.1) is 6.61 Å². The molecular formula is C22H29NO3. The van der Waals surface area contributed by atoms with Crippen molar-refractivity contribution in [2.45, 2.75) is 46.1 Å². The summed E-state index contributed by atoms with van der Waals surface area (Å²) in [5.41, 5.74) is 2.28. The van der Waals surface area contributed by atoms with Crippen LogP contribution < -0.4 is 14.8 Å². The Morgan fingerprint density at radius 2 is 1.65 bits per heavy atom. The Morgan fingerprint density at radius 3 is 2.35 bits per heavy atom. The number of carbonyl (C=O) groups is 1. The van der Waals surface area contributed by atoms with E-state index in [0.717, 1.165) is 36.3 Å². The Labute approximate surface area is 156 Å². The van der Waals surface area contributed by atoms with Gasteiger partial charge in [0, 0.05) is 6.54 Å². The monoisotopic (exact) mass is 355 g/mol. The van der Waals surface area contributed by atoms with Crippen LogP contribution in [0.5, 0.6) is 11.5 Å². The molecule has 0 saturated heterocycles. The van der Waals surface area contributed by atoms with E-state index in [1.54, 1.807) is 6.92 Å². The molecule has 0 radical (unpaired) electrons. The summed E-state index contributed by atoms with van der Waals surface area (Å²) in [4.78, 5) is 12.3. The van der Waals surface area contributed by atoms with Gasteiger partial charge in [0.1, 0.15) is 11.5 Å². The van der Waals surface area contributed by atoms with E-state index < -0.39 is 6.10 Å². The molecule has 0 aromatic heterocycles. The molecular weight excluding hydrogens is 326 g/mol. The van der Waals surface area contributed by atoms with E-state index in [1.807, 2.05) is 49.4 Å². The Balaban J connectivity index is 1.78. The van der Waals surface area contributed by atoms with E-state index in [9.17, 15) is 4.79 Å². The fraction of sp³-hybridized carbons (Fsp3) is 0.409. The van der Waals surface area contributed by atoms with Gasteiger partial charge in [0.25, 0.3) is 5.91 Å². The van der Waals surface area contributed by atoms with E-state index in [2.05, 4.69) is 18.3 Å². The first kappa shape index (κ1) is 19.8. The largest absolute Gasteiger partial charge is 0.494 e. The van der Waals surface area contributed by atoms with Crippen LogP contribution in [0.15, 0.2) is 48.5 Å². The predicted molar refractivity (Wildman–Crippen MR) is 105 cm³/mol. The molecule has 4 heteroatoms. The van der Waals surface area contributed by atoms with E-state index in [1.165, 1.54) is 5.56 Å². The molecule has 0 heterocycles. The third kappa shape index (κ3) is 5.80. The van der Waals surface area contributed by atoms with E-state index in [-0.39, 0.29) is 5.91 Å². The second-order valence-corrected chi connectivity index (χ2v) is 6.16. The van der Waals surface area contributed by atoms with Crippen LogP contribution in [0.2, 0.25) is 0 Å². The summed E-state index contributed by atoms with van der Waals surface area (Å²) in [6, 6.07) is 15.9. The van der Waals surface area contributed by atoms with Gasteiger partial charge in [0.2, 0.25) is 0 Å². The highest BCUT2D eigenvalue weighted by molar-refractivity contribution is 5.80. The first-order chi connectivity index (χ1) is 12.7. The van der Waals surface area contributed by atoms with Gasteiger partial charge >= 0.3 is 0 Å². The van der Waals surface area contributed by atoms with Crippen LogP contribution >= 0.6 is 0 Å². The van der Waals surface area contributed by atoms with Crippen molar-refractivity contribution in [2.75, 3.05) is 13.2 Å². The van der Waals surface area contributed by atoms with Crippen LogP contribution in [0.4, 0.5) is 0 Å². The van der Waals surface area contributed by atoms with Crippen LogP contribution in [-0.4, -0.2) is 25.2 Å². The lowest BCUT2D eigenvalue weighted by molar-refractivity contribution is -0.127. The number of benzene rings is 2. The zero-order chi connectivity index (χ0) is 18.8. The normalized spacial score (nSPS) is 11.7. The number of para-hydroxylation sites is 2. The number of aryl methyl sites for hydroxylation is 2. The quantitative estimate of drug-likeness (QED) is 0.651. The number of ether oxygens (including phenoxy) is 2. The molecule has 2 aromatic rings. The second kappa shape index (κ2) is 10.5. The lowest BCUT2D eigenvalue weighted by Crippen LogP contribution is -2.37. The van der Waals surface area contributed by atoms with Gasteiger partial charge in [0.15, 0.2) is 6.10 Å². The number of amides is 1. The molecule has 2 rings (SSSR count). The van der Waals surface area contributed by atoms with Gasteiger partial charge in [-0.15, -0.1) is 0 Å². The maximum Gasteiger partial charge on any atom is 0.260 e. The van der Waals surface area contributed by atoms with E-state index in [0.29, 0.717) is 13.2 Å². The first-order valence-electron chi connectivity index (χ1n) is 9.38. The smallest absolute Gasteiger partial charge is 0.260 e. The molecule has 0 saturated carbocycles. The van der Waals surface area contributed by atoms with Crippen LogP contribution in [0, 0.1) is 0 Å². The highest BCUT2D eigenvalue weighted by atomic mass is 16.5. The van der Waals surface area contributed by atoms with Crippen LogP contribution in [0.25, 0.3) is 0 Å². The lowest BCUT2D eigenvalue weighted by Gasteiger charge is -2.17. The summed E-state index contributed by atoms with van der Waals surface area (Å²) in [7, 11) is 0. The SMILES string of the molecule is CCOc1ccccc1CCCNC(=O)[C@@H](C)Oc1ccccc1CC. The van der Waals surface area contributed by atoms with Crippen molar-refractivity contribution < 1.29 is 14.3 Å². The summed E-state index contributed by atoms with van der Waals surface area (Å²) < 4.78 is 11.5. The number of hydrogen-bond acceptors (Lipinski definition) is 3. The number of carbonyl (C=O) groups excluding carboxylic acids is 1. The van der Waals surface area contributed by atoms with E-state index in [4.69, 9.17) is 9.47 Å². The fourth-order valence-electron chi connectivity index (χ4n) is 2.80. The molecule has 1 amide bonds. The minimum absolute atomic E-state index is 0.0889. The maximum absolute atomic E-state index is 12.3. The molecule has 0 bridgehead atoms. The van der Waals surface area contributed by atoms with Crippen molar-refractivity contribution in [3.63, 3.8) is 0 Å². The molecule has 2 aromatic carbocycles. The molecule has 140 valence electrons. The number of rotatable bonds is 10. The van der Waals surface area contributed by atoms with Gasteiger partial charge in [-0.3, -0.25) is 4.79 Å². The zero-order valence-corrected chi connectivity index (χ0v) is 16.0. The van der Waals surface area contributed by atoms with Gasteiger partial charge in [-0.2, -0.15) is 0 Å². The minimum atomic E-state index is -0.515. The average molecular weight is 355 g/mol. The Morgan fingerprint density at radius 1 is 1.00 bits per heavy atom. The Bertz CT molecular complexity index is 699. The molecule has 0 fully saturated rings. The third-order valence-corrected chi connectivity index (χ3v) is 4.22. The van der Waals surface area contributed by atoms with Crippen LogP contribution in [-0.2, 0) is 17.6 Å². The standard InChI is InChI=1S/C22H29NO3/c1-4-18-11-6-9-15-21(18)26-17(3)22(24)23-16-10-13-19-12-7-8-14-20(19)25-5-2/h6-9,11-12,14-15,17H,4-5,10,13,16H2,1-3H3,(H,23,24)/t17-/m1/s1. The molecule has 0 aliphatic carbocycles. The maximum atomic E-state index is 12.3. The van der Waals surface area contributed by atoms with Gasteiger partial charge in [-0.1, -0.05) is 43.3 Å². The first-order valence-corrected chi connectivity index (χ1v) is 9.38. The van der Waals surface area contributed by atoms with Crippen molar-refractivity contribution in [3.05, 3.63) is 59.7 Å². The van der Waals surface area contributed by atoms with Crippen LogP contribution in [0.1, 0.15) is 38.3 Å². The molecule has 1 N–H and O–H groups in total. The zero-order valence-electron chi connectivity index (χ0n) is 16.0. The van der Waals surface area contributed by atoms with Crippen LogP contribution in [0.3, 0.4) is 0 Å². The van der Waals surface area contributed by atoms with Gasteiger partial charge in [-0.25, -0.2) is 0 Å². The summed E-state index contributed by atoms with van der Waals surface area (Å²) >= 11 is 0. The summed E-state index contributed by atoms with van der Waals surface area (Å²) in [5, 5.41) is 2.96. The topological polar surface area (TPSA) is 47.6 Å². The molecule has 0 aliphatic rings. The van der Waals surface area contributed by atoms with Gasteiger partial charge < -0.3 is 14.8 Å². The fourth-order valence-corrected chi connectivity index (χ4v) is 2.80. The number of nitrogens with one attached hydrogen (secondary N) is 1. The Kier molecular flexibility index (Phi) is 8.00. The van der Waals surface area contributed by atoms with E-state index >= 15 is 0 Å². The van der Waals surface area contributed by atoms with Crippen molar-refractivity contribution >= 4 is 5.91 Å². The molecule has 26 heavy (non-hydrogen) atoms. The highest BCUT2D eigenvalue weighted by Crippen LogP contribution is 2.20.